The average Bonchev–Trinajstić information content (AvgIpc) is 2.86. The van der Waals surface area contributed by atoms with Crippen LogP contribution in [-0.4, -0.2) is 36.6 Å². The summed E-state index contributed by atoms with van der Waals surface area (Å²) in [7, 11) is 1.42. The van der Waals surface area contributed by atoms with Crippen molar-refractivity contribution in [3.8, 4) is 17.6 Å². The smallest absolute Gasteiger partial charge is 0.335 e. The average molecular weight is 471 g/mol. The van der Waals surface area contributed by atoms with Crippen molar-refractivity contribution >= 4 is 35.2 Å². The summed E-state index contributed by atoms with van der Waals surface area (Å²) in [5, 5.41) is 23.7. The number of carbonyl (C=O) groups excluding carboxylic acids is 2. The summed E-state index contributed by atoms with van der Waals surface area (Å²) in [6.45, 7) is -0.248. The molecule has 2 amide bonds. The van der Waals surface area contributed by atoms with Crippen molar-refractivity contribution in [2.45, 2.75) is 0 Å². The maximum Gasteiger partial charge on any atom is 0.335 e. The second-order valence-corrected chi connectivity index (χ2v) is 7.12. The van der Waals surface area contributed by atoms with Crippen LogP contribution in [0.15, 0.2) is 78.4 Å². The molecule has 0 radical (unpaired) electrons. The van der Waals surface area contributed by atoms with Crippen molar-refractivity contribution in [2.75, 3.05) is 24.4 Å². The Morgan fingerprint density at radius 3 is 2.37 bits per heavy atom. The van der Waals surface area contributed by atoms with Crippen molar-refractivity contribution < 1.29 is 29.0 Å². The van der Waals surface area contributed by atoms with Gasteiger partial charge in [0.25, 0.3) is 11.8 Å². The molecule has 0 unspecified atom stereocenters. The zero-order valence-electron chi connectivity index (χ0n) is 18.6. The van der Waals surface area contributed by atoms with E-state index in [2.05, 4.69) is 10.6 Å². The van der Waals surface area contributed by atoms with Crippen LogP contribution < -0.4 is 20.1 Å². The fraction of sp³-hybridized carbons (Fsp3) is 0.0769. The number of nitriles is 1. The van der Waals surface area contributed by atoms with E-state index in [1.165, 1.54) is 37.5 Å². The van der Waals surface area contributed by atoms with Gasteiger partial charge >= 0.3 is 5.97 Å². The number of hydrogen-bond acceptors (Lipinski definition) is 6. The van der Waals surface area contributed by atoms with E-state index in [1.54, 1.807) is 42.5 Å². The van der Waals surface area contributed by atoms with Gasteiger partial charge in [-0.05, 0) is 54.1 Å². The fourth-order valence-electron chi connectivity index (χ4n) is 3.00. The molecule has 0 aliphatic carbocycles. The van der Waals surface area contributed by atoms with Crippen molar-refractivity contribution in [1.29, 1.82) is 5.26 Å². The van der Waals surface area contributed by atoms with Crippen LogP contribution in [0.25, 0.3) is 6.08 Å². The number of nitrogens with one attached hydrogen (secondary N) is 2. The first kappa shape index (κ1) is 24.5. The van der Waals surface area contributed by atoms with E-state index >= 15 is 0 Å². The van der Waals surface area contributed by atoms with Crippen LogP contribution in [0.1, 0.15) is 15.9 Å². The third kappa shape index (κ3) is 6.94. The van der Waals surface area contributed by atoms with Gasteiger partial charge in [0, 0.05) is 11.4 Å². The van der Waals surface area contributed by atoms with Crippen molar-refractivity contribution in [3.05, 3.63) is 89.5 Å². The second kappa shape index (κ2) is 11.7. The third-order valence-corrected chi connectivity index (χ3v) is 4.65. The first-order valence-electron chi connectivity index (χ1n) is 10.3. The van der Waals surface area contributed by atoms with Crippen LogP contribution in [-0.2, 0) is 9.59 Å². The van der Waals surface area contributed by atoms with E-state index in [9.17, 15) is 19.6 Å². The number of ether oxygens (including phenoxy) is 2. The quantitative estimate of drug-likeness (QED) is 0.317. The molecule has 0 aromatic heterocycles. The number of methoxy groups -OCH3 is 1. The minimum Gasteiger partial charge on any atom is -0.493 e. The monoisotopic (exact) mass is 471 g/mol. The molecule has 176 valence electrons. The Bertz CT molecular complexity index is 1310. The molecule has 9 nitrogen and oxygen atoms in total. The Hall–Kier alpha value is -5.10. The standard InChI is InChI=1S/C26H21N3O6/c1-34-23-13-17(10-11-22(23)35-16-24(30)28-20-7-3-2-4-8-20)12-19(15-27)25(31)29-21-9-5-6-18(14-21)26(32)33/h2-14H,16H2,1H3,(H,28,30)(H,29,31)(H,32,33)/b19-12-. The van der Waals surface area contributed by atoms with Crippen molar-refractivity contribution in [3.63, 3.8) is 0 Å². The van der Waals surface area contributed by atoms with Gasteiger partial charge in [-0.3, -0.25) is 9.59 Å². The molecule has 3 N–H and O–H groups in total. The lowest BCUT2D eigenvalue weighted by molar-refractivity contribution is -0.118. The zero-order chi connectivity index (χ0) is 25.2. The molecule has 35 heavy (non-hydrogen) atoms. The largest absolute Gasteiger partial charge is 0.493 e. The van der Waals surface area contributed by atoms with E-state index < -0.39 is 11.9 Å². The number of hydrogen-bond donors (Lipinski definition) is 3. The molecule has 0 fully saturated rings. The number of carboxylic acids is 1. The Kier molecular flexibility index (Phi) is 8.18. The summed E-state index contributed by atoms with van der Waals surface area (Å²) < 4.78 is 10.9. The van der Waals surface area contributed by atoms with Gasteiger partial charge in [-0.25, -0.2) is 4.79 Å². The SMILES string of the molecule is COc1cc(/C=C(/C#N)C(=O)Nc2cccc(C(=O)O)c2)ccc1OCC(=O)Nc1ccccc1. The Morgan fingerprint density at radius 1 is 0.943 bits per heavy atom. The molecule has 0 aliphatic rings. The zero-order valence-corrected chi connectivity index (χ0v) is 18.6. The molecule has 0 bridgehead atoms. The number of carbonyl (C=O) groups is 3. The van der Waals surface area contributed by atoms with Gasteiger partial charge in [0.2, 0.25) is 0 Å². The lowest BCUT2D eigenvalue weighted by Crippen LogP contribution is -2.20. The molecule has 0 heterocycles. The minimum atomic E-state index is -1.14. The van der Waals surface area contributed by atoms with Crippen molar-refractivity contribution in [2.24, 2.45) is 0 Å². The predicted octanol–water partition coefficient (Wildman–Crippen LogP) is 3.96. The third-order valence-electron chi connectivity index (χ3n) is 4.65. The van der Waals surface area contributed by atoms with Gasteiger partial charge in [-0.1, -0.05) is 30.3 Å². The van der Waals surface area contributed by atoms with Crippen LogP contribution in [0.5, 0.6) is 11.5 Å². The highest BCUT2D eigenvalue weighted by Gasteiger charge is 2.13. The van der Waals surface area contributed by atoms with E-state index in [1.807, 2.05) is 12.1 Å². The van der Waals surface area contributed by atoms with Crippen LogP contribution in [0, 0.1) is 11.3 Å². The van der Waals surface area contributed by atoms with E-state index in [4.69, 9.17) is 14.6 Å². The highest BCUT2D eigenvalue weighted by Crippen LogP contribution is 2.29. The molecule has 0 aliphatic heterocycles. The van der Waals surface area contributed by atoms with Crippen LogP contribution in [0.4, 0.5) is 11.4 Å². The molecule has 3 aromatic carbocycles. The van der Waals surface area contributed by atoms with Crippen molar-refractivity contribution in [1.82, 2.24) is 0 Å². The van der Waals surface area contributed by atoms with Crippen LogP contribution in [0.3, 0.4) is 0 Å². The number of aromatic carboxylic acids is 1. The van der Waals surface area contributed by atoms with Gasteiger partial charge < -0.3 is 25.2 Å². The second-order valence-electron chi connectivity index (χ2n) is 7.12. The van der Waals surface area contributed by atoms with Gasteiger partial charge in [-0.15, -0.1) is 0 Å². The number of para-hydroxylation sites is 1. The number of carboxylic acid groups (broad SMARTS) is 1. The van der Waals surface area contributed by atoms with E-state index in [-0.39, 0.29) is 29.3 Å². The normalized spacial score (nSPS) is 10.6. The van der Waals surface area contributed by atoms with E-state index in [0.29, 0.717) is 22.7 Å². The summed E-state index contributed by atoms with van der Waals surface area (Å²) in [4.78, 5) is 35.8. The number of amides is 2. The lowest BCUT2D eigenvalue weighted by atomic mass is 10.1. The van der Waals surface area contributed by atoms with Gasteiger partial charge in [0.1, 0.15) is 11.6 Å². The van der Waals surface area contributed by atoms with Gasteiger partial charge in [-0.2, -0.15) is 5.26 Å². The first-order chi connectivity index (χ1) is 16.9. The maximum absolute atomic E-state index is 12.5. The maximum atomic E-state index is 12.5. The number of benzene rings is 3. The molecule has 3 rings (SSSR count). The summed E-state index contributed by atoms with van der Waals surface area (Å²) in [6.07, 6.45) is 1.35. The summed E-state index contributed by atoms with van der Waals surface area (Å²) >= 11 is 0. The molecular weight excluding hydrogens is 450 g/mol. The summed E-state index contributed by atoms with van der Waals surface area (Å²) in [5.41, 5.74) is 1.16. The summed E-state index contributed by atoms with van der Waals surface area (Å²) in [6, 6.07) is 21.2. The molecule has 0 atom stereocenters. The number of rotatable bonds is 9. The van der Waals surface area contributed by atoms with E-state index in [0.717, 1.165) is 0 Å². The summed E-state index contributed by atoms with van der Waals surface area (Å²) in [5.74, 6) is -1.58. The topological polar surface area (TPSA) is 138 Å². The van der Waals surface area contributed by atoms with Gasteiger partial charge in [0.15, 0.2) is 18.1 Å². The predicted molar refractivity (Wildman–Crippen MR) is 129 cm³/mol. The number of nitrogens with zero attached hydrogens (tertiary/aromatic N) is 1. The molecule has 9 heteroatoms. The first-order valence-corrected chi connectivity index (χ1v) is 10.3. The molecular formula is C26H21N3O6. The molecule has 0 saturated heterocycles. The fourth-order valence-corrected chi connectivity index (χ4v) is 3.00. The highest BCUT2D eigenvalue weighted by atomic mass is 16.5. The highest BCUT2D eigenvalue weighted by molar-refractivity contribution is 6.10. The molecule has 3 aromatic rings. The lowest BCUT2D eigenvalue weighted by Gasteiger charge is -2.12. The Morgan fingerprint density at radius 2 is 1.69 bits per heavy atom. The number of anilines is 2. The molecule has 0 saturated carbocycles. The molecule has 0 spiro atoms. The Labute approximate surface area is 201 Å². The minimum absolute atomic E-state index is 0.00284. The van der Waals surface area contributed by atoms with Gasteiger partial charge in [0.05, 0.1) is 12.7 Å². The Balaban J connectivity index is 1.69. The van der Waals surface area contributed by atoms with Crippen LogP contribution >= 0.6 is 0 Å². The van der Waals surface area contributed by atoms with Crippen LogP contribution in [0.2, 0.25) is 0 Å².